The van der Waals surface area contributed by atoms with Crippen molar-refractivity contribution < 1.29 is 9.29 Å². The highest BCUT2D eigenvalue weighted by Crippen LogP contribution is 2.24. The number of aryl methyl sites for hydroxylation is 3. The van der Waals surface area contributed by atoms with Gasteiger partial charge in [0.1, 0.15) is 18.1 Å². The third-order valence-corrected chi connectivity index (χ3v) is 7.94. The molecule has 5 nitrogen and oxygen atoms in total. The Labute approximate surface area is 183 Å². The van der Waals surface area contributed by atoms with Gasteiger partial charge in [-0.3, -0.25) is 0 Å². The van der Waals surface area contributed by atoms with Crippen molar-refractivity contribution in [1.29, 1.82) is 0 Å². The smallest absolute Gasteiger partial charge is 0.188 e. The molecule has 1 aromatic heterocycles. The van der Waals surface area contributed by atoms with Crippen LogP contribution in [0.1, 0.15) is 22.3 Å². The predicted octanol–water partition coefficient (Wildman–Crippen LogP) is 5.42. The molecule has 0 aliphatic carbocycles. The highest BCUT2D eigenvalue weighted by Gasteiger charge is 2.17. The van der Waals surface area contributed by atoms with E-state index < -0.39 is 19.4 Å². The summed E-state index contributed by atoms with van der Waals surface area (Å²) in [5.41, 5.74) is 5.95. The number of rotatable bonds is 8. The van der Waals surface area contributed by atoms with Crippen molar-refractivity contribution in [2.24, 2.45) is 4.40 Å². The molecule has 0 N–H and O–H groups in total. The van der Waals surface area contributed by atoms with Crippen LogP contribution < -0.4 is 0 Å². The minimum absolute atomic E-state index is 0.504. The van der Waals surface area contributed by atoms with Gasteiger partial charge in [0.15, 0.2) is 4.90 Å². The second-order valence-electron chi connectivity index (χ2n) is 9.02. The van der Waals surface area contributed by atoms with Crippen LogP contribution in [0.25, 0.3) is 11.0 Å². The minimum atomic E-state index is -1.43. The lowest BCUT2D eigenvalue weighted by atomic mass is 10.1. The Hall–Kier alpha value is -1.93. The van der Waals surface area contributed by atoms with Gasteiger partial charge in [0.05, 0.1) is 23.6 Å². The number of imidazole rings is 1. The van der Waals surface area contributed by atoms with Gasteiger partial charge in [-0.15, -0.1) is 0 Å². The maximum Gasteiger partial charge on any atom is 0.188 e. The Kier molecular flexibility index (Phi) is 7.18. The standard InChI is InChI=1S/C23H31N3O2SSi/c1-17-11-18(2)23(19(3)12-17)29(27)25-14-20-7-8-22-21(13-20)24-15-26(22)16-28-9-10-30(4,5)6/h7-8,11-15H,9-10,16H2,1-6H3. The monoisotopic (exact) mass is 441 g/mol. The van der Waals surface area contributed by atoms with Crippen molar-refractivity contribution in [2.45, 2.75) is 58.1 Å². The molecular weight excluding hydrogens is 410 g/mol. The van der Waals surface area contributed by atoms with E-state index in [9.17, 15) is 4.55 Å². The summed E-state index contributed by atoms with van der Waals surface area (Å²) >= 11 is -1.43. The van der Waals surface area contributed by atoms with Crippen LogP contribution in [-0.2, 0) is 22.8 Å². The highest BCUT2D eigenvalue weighted by molar-refractivity contribution is 7.90. The van der Waals surface area contributed by atoms with Crippen molar-refractivity contribution >= 4 is 36.7 Å². The molecule has 0 bridgehead atoms. The zero-order valence-electron chi connectivity index (χ0n) is 18.7. The first-order valence-electron chi connectivity index (χ1n) is 10.2. The largest absolute Gasteiger partial charge is 0.586 e. The Balaban J connectivity index is 1.69. The lowest BCUT2D eigenvalue weighted by Gasteiger charge is -2.15. The molecule has 1 unspecified atom stereocenters. The molecule has 30 heavy (non-hydrogen) atoms. The summed E-state index contributed by atoms with van der Waals surface area (Å²) in [6, 6.07) is 11.2. The first kappa shape index (κ1) is 22.7. The number of fused-ring (bicyclic) bond motifs is 1. The first-order chi connectivity index (χ1) is 14.1. The summed E-state index contributed by atoms with van der Waals surface area (Å²) in [6.07, 6.45) is 3.47. The molecule has 0 aliphatic heterocycles. The van der Waals surface area contributed by atoms with Gasteiger partial charge in [0.2, 0.25) is 0 Å². The van der Waals surface area contributed by atoms with Gasteiger partial charge in [0.25, 0.3) is 0 Å². The van der Waals surface area contributed by atoms with Crippen LogP contribution in [0, 0.1) is 20.8 Å². The number of hydrogen-bond acceptors (Lipinski definition) is 4. The SMILES string of the molecule is Cc1cc(C)c([S+]([O-])N=Cc2ccc3c(c2)ncn3COCC[Si](C)(C)C)c(C)c1. The molecule has 0 saturated heterocycles. The molecule has 160 valence electrons. The van der Waals surface area contributed by atoms with Crippen LogP contribution in [-0.4, -0.2) is 35.0 Å². The zero-order chi connectivity index (χ0) is 21.9. The summed E-state index contributed by atoms with van der Waals surface area (Å²) in [6.45, 7) is 14.3. The number of aromatic nitrogens is 2. The molecule has 2 aromatic carbocycles. The maximum atomic E-state index is 12.7. The molecule has 7 heteroatoms. The average molecular weight is 442 g/mol. The summed E-state index contributed by atoms with van der Waals surface area (Å²) < 4.78 is 24.9. The van der Waals surface area contributed by atoms with Gasteiger partial charge in [-0.25, -0.2) is 4.98 Å². The first-order valence-corrected chi connectivity index (χ1v) is 15.0. The molecular formula is C23H31N3O2SSi. The van der Waals surface area contributed by atoms with Crippen LogP contribution >= 0.6 is 0 Å². The molecule has 0 fully saturated rings. The van der Waals surface area contributed by atoms with E-state index in [1.165, 1.54) is 5.56 Å². The van der Waals surface area contributed by atoms with E-state index in [0.29, 0.717) is 6.73 Å². The molecule has 0 radical (unpaired) electrons. The zero-order valence-corrected chi connectivity index (χ0v) is 20.5. The number of nitrogens with zero attached hydrogens (tertiary/aromatic N) is 3. The van der Waals surface area contributed by atoms with Gasteiger partial charge in [0, 0.05) is 25.8 Å². The quantitative estimate of drug-likeness (QED) is 0.203. The lowest BCUT2D eigenvalue weighted by molar-refractivity contribution is 0.0898. The summed E-state index contributed by atoms with van der Waals surface area (Å²) in [5, 5.41) is 0. The third-order valence-electron chi connectivity index (χ3n) is 4.95. The van der Waals surface area contributed by atoms with E-state index >= 15 is 0 Å². The number of benzene rings is 2. The summed E-state index contributed by atoms with van der Waals surface area (Å²) in [7, 11) is -1.08. The Bertz CT molecular complexity index is 1030. The van der Waals surface area contributed by atoms with E-state index in [0.717, 1.165) is 45.3 Å². The van der Waals surface area contributed by atoms with Crippen molar-refractivity contribution in [1.82, 2.24) is 9.55 Å². The van der Waals surface area contributed by atoms with Crippen molar-refractivity contribution in [3.8, 4) is 0 Å². The molecule has 1 heterocycles. The van der Waals surface area contributed by atoms with Crippen molar-refractivity contribution in [3.63, 3.8) is 0 Å². The fraction of sp³-hybridized carbons (Fsp3) is 0.391. The molecule has 0 spiro atoms. The number of ether oxygens (including phenoxy) is 1. The van der Waals surface area contributed by atoms with Crippen molar-refractivity contribution in [2.75, 3.05) is 6.61 Å². The Morgan fingerprint density at radius 2 is 1.83 bits per heavy atom. The van der Waals surface area contributed by atoms with Crippen molar-refractivity contribution in [3.05, 3.63) is 58.9 Å². The average Bonchev–Trinajstić information content (AvgIpc) is 3.04. The van der Waals surface area contributed by atoms with Crippen LogP contribution in [0.3, 0.4) is 0 Å². The van der Waals surface area contributed by atoms with Crippen LogP contribution in [0.15, 0.2) is 46.0 Å². The lowest BCUT2D eigenvalue weighted by Crippen LogP contribution is -2.21. The maximum absolute atomic E-state index is 12.7. The van der Waals surface area contributed by atoms with E-state index in [1.807, 2.05) is 55.7 Å². The van der Waals surface area contributed by atoms with Crippen LogP contribution in [0.2, 0.25) is 25.7 Å². The van der Waals surface area contributed by atoms with Gasteiger partial charge < -0.3 is 13.9 Å². The summed E-state index contributed by atoms with van der Waals surface area (Å²) in [5.74, 6) is 0. The van der Waals surface area contributed by atoms with Gasteiger partial charge in [-0.05, 0) is 44.5 Å². The second kappa shape index (κ2) is 9.47. The molecule has 3 aromatic rings. The van der Waals surface area contributed by atoms with Gasteiger partial charge in [-0.1, -0.05) is 47.8 Å². The summed E-state index contributed by atoms with van der Waals surface area (Å²) in [4.78, 5) is 5.27. The predicted molar refractivity (Wildman–Crippen MR) is 128 cm³/mol. The van der Waals surface area contributed by atoms with Gasteiger partial charge >= 0.3 is 0 Å². The Morgan fingerprint density at radius 3 is 2.50 bits per heavy atom. The molecule has 0 amide bonds. The third kappa shape index (κ3) is 5.82. The van der Waals surface area contributed by atoms with E-state index in [2.05, 4.69) is 29.0 Å². The molecule has 0 aliphatic rings. The van der Waals surface area contributed by atoms with E-state index in [4.69, 9.17) is 4.74 Å². The van der Waals surface area contributed by atoms with E-state index in [-0.39, 0.29) is 0 Å². The van der Waals surface area contributed by atoms with Crippen LogP contribution in [0.5, 0.6) is 0 Å². The topological polar surface area (TPSA) is 62.5 Å². The Morgan fingerprint density at radius 1 is 1.13 bits per heavy atom. The second-order valence-corrected chi connectivity index (χ2v) is 15.8. The fourth-order valence-corrected chi connectivity index (χ4v) is 5.16. The normalized spacial score (nSPS) is 13.4. The number of hydrogen-bond donors (Lipinski definition) is 0. The molecule has 3 rings (SSSR count). The highest BCUT2D eigenvalue weighted by atomic mass is 32.2. The van der Waals surface area contributed by atoms with Crippen LogP contribution in [0.4, 0.5) is 0 Å². The fourth-order valence-electron chi connectivity index (χ4n) is 3.41. The van der Waals surface area contributed by atoms with Gasteiger partial charge in [-0.2, -0.15) is 0 Å². The van der Waals surface area contributed by atoms with E-state index in [1.54, 1.807) is 12.5 Å². The molecule has 0 saturated carbocycles. The minimum Gasteiger partial charge on any atom is -0.586 e. The molecule has 1 atom stereocenters.